The molecule has 1 aromatic heterocycles. The minimum Gasteiger partial charge on any atom is -0.464 e. The molecule has 1 heterocycles. The zero-order valence-corrected chi connectivity index (χ0v) is 7.50. The highest BCUT2D eigenvalue weighted by atomic mass is 19.1. The molecule has 0 aliphatic carbocycles. The van der Waals surface area contributed by atoms with Gasteiger partial charge in [0.15, 0.2) is 0 Å². The van der Waals surface area contributed by atoms with Gasteiger partial charge in [-0.15, -0.1) is 0 Å². The van der Waals surface area contributed by atoms with Crippen LogP contribution in [0.4, 0.5) is 4.39 Å². The van der Waals surface area contributed by atoms with E-state index < -0.39 is 0 Å². The summed E-state index contributed by atoms with van der Waals surface area (Å²) >= 11 is 0. The van der Waals surface area contributed by atoms with Gasteiger partial charge in [0, 0.05) is 17.4 Å². The molecule has 2 aromatic rings. The molecule has 0 aliphatic heterocycles. The predicted octanol–water partition coefficient (Wildman–Crippen LogP) is 2.00. The Morgan fingerprint density at radius 1 is 1.36 bits per heavy atom. The van der Waals surface area contributed by atoms with Crippen LogP contribution in [-0.4, -0.2) is 6.61 Å². The fourth-order valence-electron chi connectivity index (χ4n) is 1.49. The van der Waals surface area contributed by atoms with Crippen LogP contribution in [0.1, 0.15) is 5.56 Å². The highest BCUT2D eigenvalue weighted by molar-refractivity contribution is 5.81. The fraction of sp³-hybridized carbons (Fsp3) is 0.200. The minimum absolute atomic E-state index is 0.254. The quantitative estimate of drug-likeness (QED) is 0.762. The molecule has 74 valence electrons. The normalized spacial score (nSPS) is 11.0. The van der Waals surface area contributed by atoms with Crippen molar-refractivity contribution in [3.05, 3.63) is 35.8 Å². The number of hydrogen-bond acceptors (Lipinski definition) is 3. The van der Waals surface area contributed by atoms with E-state index in [9.17, 15) is 4.39 Å². The number of rotatable bonds is 3. The average Bonchev–Trinajstić information content (AvgIpc) is 2.64. The SMILES string of the molecule is NOCCc1c(F)ccc2occc12. The minimum atomic E-state index is -0.254. The average molecular weight is 195 g/mol. The Morgan fingerprint density at radius 3 is 3.00 bits per heavy atom. The summed E-state index contributed by atoms with van der Waals surface area (Å²) < 4.78 is 18.5. The summed E-state index contributed by atoms with van der Waals surface area (Å²) in [4.78, 5) is 4.43. The Labute approximate surface area is 80.2 Å². The van der Waals surface area contributed by atoms with Crippen molar-refractivity contribution in [3.8, 4) is 0 Å². The molecule has 4 heteroatoms. The molecule has 2 N–H and O–H groups in total. The van der Waals surface area contributed by atoms with Crippen molar-refractivity contribution < 1.29 is 13.6 Å². The predicted molar refractivity (Wildman–Crippen MR) is 50.0 cm³/mol. The Hall–Kier alpha value is -1.39. The molecule has 0 bridgehead atoms. The van der Waals surface area contributed by atoms with E-state index in [1.807, 2.05) is 0 Å². The van der Waals surface area contributed by atoms with Crippen LogP contribution in [-0.2, 0) is 11.3 Å². The summed E-state index contributed by atoms with van der Waals surface area (Å²) in [5.74, 6) is 4.65. The standard InChI is InChI=1S/C10H10FNO2/c11-9-1-2-10-8(3-5-13-10)7(9)4-6-14-12/h1-3,5H,4,6,12H2. The maximum atomic E-state index is 13.4. The van der Waals surface area contributed by atoms with Gasteiger partial charge in [-0.25, -0.2) is 10.3 Å². The first kappa shape index (κ1) is 9.18. The van der Waals surface area contributed by atoms with Gasteiger partial charge in [0.1, 0.15) is 11.4 Å². The lowest BCUT2D eigenvalue weighted by atomic mass is 10.1. The molecule has 0 radical (unpaired) electrons. The first-order valence-electron chi connectivity index (χ1n) is 4.29. The van der Waals surface area contributed by atoms with Crippen LogP contribution < -0.4 is 5.90 Å². The highest BCUT2D eigenvalue weighted by Crippen LogP contribution is 2.22. The molecule has 0 aliphatic rings. The van der Waals surface area contributed by atoms with Gasteiger partial charge in [0.2, 0.25) is 0 Å². The monoisotopic (exact) mass is 195 g/mol. The van der Waals surface area contributed by atoms with Crippen molar-refractivity contribution in [2.45, 2.75) is 6.42 Å². The number of nitrogens with two attached hydrogens (primary N) is 1. The molecule has 0 spiro atoms. The van der Waals surface area contributed by atoms with Crippen LogP contribution in [0.5, 0.6) is 0 Å². The molecule has 0 fully saturated rings. The van der Waals surface area contributed by atoms with Crippen LogP contribution in [0.25, 0.3) is 11.0 Å². The molecule has 0 unspecified atom stereocenters. The van der Waals surface area contributed by atoms with E-state index in [0.29, 0.717) is 24.2 Å². The summed E-state index contributed by atoms with van der Waals surface area (Å²) in [6.45, 7) is 0.293. The van der Waals surface area contributed by atoms with Gasteiger partial charge >= 0.3 is 0 Å². The summed E-state index contributed by atoms with van der Waals surface area (Å²) in [5.41, 5.74) is 1.26. The van der Waals surface area contributed by atoms with E-state index in [-0.39, 0.29) is 5.82 Å². The van der Waals surface area contributed by atoms with Gasteiger partial charge < -0.3 is 9.25 Å². The van der Waals surface area contributed by atoms with E-state index >= 15 is 0 Å². The largest absolute Gasteiger partial charge is 0.464 e. The lowest BCUT2D eigenvalue weighted by molar-refractivity contribution is 0.141. The van der Waals surface area contributed by atoms with Crippen molar-refractivity contribution in [2.24, 2.45) is 5.90 Å². The summed E-state index contributed by atoms with van der Waals surface area (Å²) in [7, 11) is 0. The summed E-state index contributed by atoms with van der Waals surface area (Å²) in [6.07, 6.45) is 1.98. The van der Waals surface area contributed by atoms with Crippen molar-refractivity contribution in [3.63, 3.8) is 0 Å². The van der Waals surface area contributed by atoms with E-state index in [1.54, 1.807) is 12.1 Å². The molecule has 3 nitrogen and oxygen atoms in total. The third-order valence-electron chi connectivity index (χ3n) is 2.16. The molecule has 1 aromatic carbocycles. The zero-order chi connectivity index (χ0) is 9.97. The maximum absolute atomic E-state index is 13.4. The number of benzene rings is 1. The molecule has 0 atom stereocenters. The van der Waals surface area contributed by atoms with Crippen LogP contribution in [0, 0.1) is 5.82 Å². The second kappa shape index (κ2) is 3.77. The first-order chi connectivity index (χ1) is 6.83. The van der Waals surface area contributed by atoms with E-state index in [0.717, 1.165) is 5.39 Å². The van der Waals surface area contributed by atoms with E-state index in [2.05, 4.69) is 4.84 Å². The topological polar surface area (TPSA) is 48.4 Å². The number of hydrogen-bond donors (Lipinski definition) is 1. The molecular weight excluding hydrogens is 185 g/mol. The third-order valence-corrected chi connectivity index (χ3v) is 2.16. The Balaban J connectivity index is 2.47. The number of halogens is 1. The Morgan fingerprint density at radius 2 is 2.21 bits per heavy atom. The van der Waals surface area contributed by atoms with Crippen molar-refractivity contribution in [2.75, 3.05) is 6.61 Å². The van der Waals surface area contributed by atoms with Gasteiger partial charge in [0.25, 0.3) is 0 Å². The fourth-order valence-corrected chi connectivity index (χ4v) is 1.49. The summed E-state index contributed by atoms with van der Waals surface area (Å²) in [5, 5.41) is 0.780. The van der Waals surface area contributed by atoms with Gasteiger partial charge in [-0.1, -0.05) is 0 Å². The van der Waals surface area contributed by atoms with Crippen molar-refractivity contribution in [1.29, 1.82) is 0 Å². The molecular formula is C10H10FNO2. The maximum Gasteiger partial charge on any atom is 0.134 e. The van der Waals surface area contributed by atoms with Crippen LogP contribution in [0.3, 0.4) is 0 Å². The van der Waals surface area contributed by atoms with E-state index in [1.165, 1.54) is 12.3 Å². The van der Waals surface area contributed by atoms with Gasteiger partial charge in [0.05, 0.1) is 12.9 Å². The van der Waals surface area contributed by atoms with Crippen LogP contribution in [0.15, 0.2) is 28.9 Å². The molecule has 0 saturated carbocycles. The Kier molecular flexibility index (Phi) is 2.47. The second-order valence-electron chi connectivity index (χ2n) is 2.98. The van der Waals surface area contributed by atoms with Crippen molar-refractivity contribution >= 4 is 11.0 Å². The smallest absolute Gasteiger partial charge is 0.134 e. The molecule has 0 amide bonds. The van der Waals surface area contributed by atoms with E-state index in [4.69, 9.17) is 10.3 Å². The van der Waals surface area contributed by atoms with Gasteiger partial charge in [-0.3, -0.25) is 0 Å². The molecule has 14 heavy (non-hydrogen) atoms. The second-order valence-corrected chi connectivity index (χ2v) is 2.98. The molecule has 0 saturated heterocycles. The van der Waals surface area contributed by atoms with Crippen LogP contribution in [0.2, 0.25) is 0 Å². The Bertz CT molecular complexity index is 439. The first-order valence-corrected chi connectivity index (χ1v) is 4.29. The summed E-state index contributed by atoms with van der Waals surface area (Å²) in [6, 6.07) is 4.74. The van der Waals surface area contributed by atoms with Gasteiger partial charge in [-0.2, -0.15) is 0 Å². The number of furan rings is 1. The molecule has 2 rings (SSSR count). The van der Waals surface area contributed by atoms with Crippen molar-refractivity contribution in [1.82, 2.24) is 0 Å². The lowest BCUT2D eigenvalue weighted by Crippen LogP contribution is -2.05. The number of fused-ring (bicyclic) bond motifs is 1. The third kappa shape index (κ3) is 1.49. The highest BCUT2D eigenvalue weighted by Gasteiger charge is 2.08. The van der Waals surface area contributed by atoms with Crippen LogP contribution >= 0.6 is 0 Å². The van der Waals surface area contributed by atoms with Gasteiger partial charge in [-0.05, 0) is 18.2 Å². The zero-order valence-electron chi connectivity index (χ0n) is 7.50. The lowest BCUT2D eigenvalue weighted by Gasteiger charge is -2.02.